The van der Waals surface area contributed by atoms with Crippen LogP contribution in [0, 0.1) is 6.92 Å². The molecule has 0 unspecified atom stereocenters. The summed E-state index contributed by atoms with van der Waals surface area (Å²) in [5, 5.41) is 3.79. The van der Waals surface area contributed by atoms with Crippen LogP contribution in [0.1, 0.15) is 16.8 Å². The molecule has 0 bridgehead atoms. The topological polar surface area (TPSA) is 51.2 Å². The number of ether oxygens (including phenoxy) is 1. The van der Waals surface area contributed by atoms with Gasteiger partial charge in [-0.2, -0.15) is 0 Å². The lowest BCUT2D eigenvalue weighted by Gasteiger charge is -2.08. The molecule has 24 heavy (non-hydrogen) atoms. The van der Waals surface area contributed by atoms with E-state index in [9.17, 15) is 4.79 Å². The van der Waals surface area contributed by atoms with E-state index in [-0.39, 0.29) is 6.61 Å². The molecule has 0 aliphatic carbocycles. The SMILES string of the molecule is Cc1cc(Br)c2nc(CNC(=O)OCc3ccccc3)ccc2c1. The van der Waals surface area contributed by atoms with Crippen molar-refractivity contribution in [2.24, 2.45) is 0 Å². The van der Waals surface area contributed by atoms with Crippen LogP contribution in [-0.4, -0.2) is 11.1 Å². The largest absolute Gasteiger partial charge is 0.445 e. The number of nitrogens with one attached hydrogen (secondary N) is 1. The predicted octanol–water partition coefficient (Wildman–Crippen LogP) is 4.73. The first-order valence-corrected chi connectivity index (χ1v) is 8.41. The molecule has 1 aromatic heterocycles. The molecule has 1 N–H and O–H groups in total. The van der Waals surface area contributed by atoms with Crippen molar-refractivity contribution in [3.8, 4) is 0 Å². The van der Waals surface area contributed by atoms with Crippen molar-refractivity contribution in [1.82, 2.24) is 10.3 Å². The van der Waals surface area contributed by atoms with Crippen molar-refractivity contribution in [1.29, 1.82) is 0 Å². The van der Waals surface area contributed by atoms with Gasteiger partial charge in [-0.1, -0.05) is 36.4 Å². The normalized spacial score (nSPS) is 10.6. The van der Waals surface area contributed by atoms with Crippen molar-refractivity contribution in [3.05, 3.63) is 75.9 Å². The maximum Gasteiger partial charge on any atom is 0.407 e. The van der Waals surface area contributed by atoms with Crippen LogP contribution in [0.5, 0.6) is 0 Å². The van der Waals surface area contributed by atoms with Crippen LogP contribution in [-0.2, 0) is 17.9 Å². The molecule has 122 valence electrons. The molecular weight excluding hydrogens is 368 g/mol. The minimum atomic E-state index is -0.455. The number of benzene rings is 2. The Bertz CT molecular complexity index is 866. The lowest BCUT2D eigenvalue weighted by atomic mass is 10.1. The van der Waals surface area contributed by atoms with Gasteiger partial charge in [0.2, 0.25) is 0 Å². The van der Waals surface area contributed by atoms with Gasteiger partial charge in [-0.3, -0.25) is 0 Å². The number of aromatic nitrogens is 1. The summed E-state index contributed by atoms with van der Waals surface area (Å²) in [6.07, 6.45) is -0.455. The molecule has 3 aromatic rings. The van der Waals surface area contributed by atoms with E-state index in [0.29, 0.717) is 6.54 Å². The zero-order chi connectivity index (χ0) is 16.9. The summed E-state index contributed by atoms with van der Waals surface area (Å²) in [7, 11) is 0. The number of amides is 1. The van der Waals surface area contributed by atoms with Crippen LogP contribution >= 0.6 is 15.9 Å². The van der Waals surface area contributed by atoms with Crippen LogP contribution in [0.25, 0.3) is 10.9 Å². The minimum absolute atomic E-state index is 0.253. The summed E-state index contributed by atoms with van der Waals surface area (Å²) in [5.41, 5.74) is 3.79. The average molecular weight is 385 g/mol. The minimum Gasteiger partial charge on any atom is -0.445 e. The van der Waals surface area contributed by atoms with Gasteiger partial charge in [-0.15, -0.1) is 0 Å². The number of carbonyl (C=O) groups excluding carboxylic acids is 1. The van der Waals surface area contributed by atoms with Crippen molar-refractivity contribution in [2.75, 3.05) is 0 Å². The summed E-state index contributed by atoms with van der Waals surface area (Å²) in [6.45, 7) is 2.62. The number of alkyl carbamates (subject to hydrolysis) is 1. The molecule has 2 aromatic carbocycles. The van der Waals surface area contributed by atoms with E-state index in [1.54, 1.807) is 0 Å². The Morgan fingerprint density at radius 3 is 2.75 bits per heavy atom. The summed E-state index contributed by atoms with van der Waals surface area (Å²) >= 11 is 3.54. The number of fused-ring (bicyclic) bond motifs is 1. The third-order valence-corrected chi connectivity index (χ3v) is 4.18. The molecule has 3 rings (SSSR count). The fraction of sp³-hybridized carbons (Fsp3) is 0.158. The summed E-state index contributed by atoms with van der Waals surface area (Å²) in [4.78, 5) is 16.4. The first-order chi connectivity index (χ1) is 11.6. The standard InChI is InChI=1S/C19H17BrN2O2/c1-13-9-15-7-8-16(22-18(15)17(20)10-13)11-21-19(23)24-12-14-5-3-2-4-6-14/h2-10H,11-12H2,1H3,(H,21,23). The predicted molar refractivity (Wildman–Crippen MR) is 97.6 cm³/mol. The van der Waals surface area contributed by atoms with Gasteiger partial charge in [-0.25, -0.2) is 9.78 Å². The zero-order valence-electron chi connectivity index (χ0n) is 13.3. The molecule has 0 radical (unpaired) electrons. The molecule has 0 aliphatic heterocycles. The number of nitrogens with zero attached hydrogens (tertiary/aromatic N) is 1. The van der Waals surface area contributed by atoms with Crippen LogP contribution in [0.15, 0.2) is 59.1 Å². The Morgan fingerprint density at radius 1 is 1.17 bits per heavy atom. The molecule has 1 amide bonds. The fourth-order valence-corrected chi connectivity index (χ4v) is 3.09. The third-order valence-electron chi connectivity index (χ3n) is 3.57. The molecule has 0 spiro atoms. The number of carbonyl (C=O) groups is 1. The highest BCUT2D eigenvalue weighted by atomic mass is 79.9. The van der Waals surface area contributed by atoms with Crippen LogP contribution in [0.4, 0.5) is 4.79 Å². The Balaban J connectivity index is 1.60. The molecule has 0 atom stereocenters. The van der Waals surface area contributed by atoms with Crippen molar-refractivity contribution < 1.29 is 9.53 Å². The molecule has 4 nitrogen and oxygen atoms in total. The Labute approximate surface area is 149 Å². The third kappa shape index (κ3) is 4.11. The summed E-state index contributed by atoms with van der Waals surface area (Å²) < 4.78 is 6.14. The molecule has 0 fully saturated rings. The highest BCUT2D eigenvalue weighted by Crippen LogP contribution is 2.24. The zero-order valence-corrected chi connectivity index (χ0v) is 14.8. The number of pyridine rings is 1. The van der Waals surface area contributed by atoms with E-state index in [0.717, 1.165) is 26.6 Å². The maximum absolute atomic E-state index is 11.8. The van der Waals surface area contributed by atoms with E-state index in [4.69, 9.17) is 4.74 Å². The summed E-state index contributed by atoms with van der Waals surface area (Å²) in [5.74, 6) is 0. The monoisotopic (exact) mass is 384 g/mol. The molecular formula is C19H17BrN2O2. The first-order valence-electron chi connectivity index (χ1n) is 7.62. The Hall–Kier alpha value is -2.40. The Morgan fingerprint density at radius 2 is 1.96 bits per heavy atom. The van der Waals surface area contributed by atoms with Gasteiger partial charge in [-0.05, 0) is 52.2 Å². The second-order valence-corrected chi connectivity index (χ2v) is 6.39. The second kappa shape index (κ2) is 7.45. The van der Waals surface area contributed by atoms with Crippen LogP contribution < -0.4 is 5.32 Å². The van der Waals surface area contributed by atoms with Crippen LogP contribution in [0.2, 0.25) is 0 Å². The quantitative estimate of drug-likeness (QED) is 0.706. The molecule has 5 heteroatoms. The van der Waals surface area contributed by atoms with Gasteiger partial charge >= 0.3 is 6.09 Å². The number of hydrogen-bond donors (Lipinski definition) is 1. The number of halogens is 1. The molecule has 1 heterocycles. The van der Waals surface area contributed by atoms with Gasteiger partial charge < -0.3 is 10.1 Å². The fourth-order valence-electron chi connectivity index (χ4n) is 2.41. The molecule has 0 saturated carbocycles. The van der Waals surface area contributed by atoms with Gasteiger partial charge in [0.15, 0.2) is 0 Å². The molecule has 0 saturated heterocycles. The second-order valence-electron chi connectivity index (χ2n) is 5.54. The lowest BCUT2D eigenvalue weighted by Crippen LogP contribution is -2.24. The van der Waals surface area contributed by atoms with E-state index in [2.05, 4.69) is 32.3 Å². The molecule has 0 aliphatic rings. The van der Waals surface area contributed by atoms with Gasteiger partial charge in [0.25, 0.3) is 0 Å². The van der Waals surface area contributed by atoms with E-state index in [1.165, 1.54) is 5.56 Å². The highest BCUT2D eigenvalue weighted by molar-refractivity contribution is 9.10. The van der Waals surface area contributed by atoms with Gasteiger partial charge in [0.1, 0.15) is 6.61 Å². The maximum atomic E-state index is 11.8. The summed E-state index contributed by atoms with van der Waals surface area (Å²) in [6, 6.07) is 17.6. The van der Waals surface area contributed by atoms with Crippen molar-refractivity contribution in [3.63, 3.8) is 0 Å². The van der Waals surface area contributed by atoms with E-state index < -0.39 is 6.09 Å². The van der Waals surface area contributed by atoms with Gasteiger partial charge in [0.05, 0.1) is 17.8 Å². The van der Waals surface area contributed by atoms with Crippen molar-refractivity contribution >= 4 is 32.9 Å². The lowest BCUT2D eigenvalue weighted by molar-refractivity contribution is 0.139. The van der Waals surface area contributed by atoms with E-state index in [1.807, 2.05) is 55.5 Å². The van der Waals surface area contributed by atoms with E-state index >= 15 is 0 Å². The van der Waals surface area contributed by atoms with Crippen molar-refractivity contribution in [2.45, 2.75) is 20.1 Å². The smallest absolute Gasteiger partial charge is 0.407 e. The number of aryl methyl sites for hydroxylation is 1. The highest BCUT2D eigenvalue weighted by Gasteiger charge is 2.06. The Kier molecular flexibility index (Phi) is 5.11. The van der Waals surface area contributed by atoms with Crippen LogP contribution in [0.3, 0.4) is 0 Å². The first kappa shape index (κ1) is 16.5. The average Bonchev–Trinajstić information content (AvgIpc) is 2.59. The van der Waals surface area contributed by atoms with Gasteiger partial charge in [0, 0.05) is 9.86 Å². The number of hydrogen-bond acceptors (Lipinski definition) is 3. The number of rotatable bonds is 4.